The van der Waals surface area contributed by atoms with Gasteiger partial charge in [0.2, 0.25) is 0 Å². The summed E-state index contributed by atoms with van der Waals surface area (Å²) < 4.78 is -0.941. The van der Waals surface area contributed by atoms with Crippen molar-refractivity contribution in [2.75, 3.05) is 5.75 Å². The second kappa shape index (κ2) is 14.4. The first kappa shape index (κ1) is 33.2. The van der Waals surface area contributed by atoms with Gasteiger partial charge in [0.1, 0.15) is 3.61 Å². The van der Waals surface area contributed by atoms with E-state index in [1.165, 1.54) is 11.1 Å². The summed E-state index contributed by atoms with van der Waals surface area (Å²) in [5, 5.41) is 23.4. The van der Waals surface area contributed by atoms with Crippen molar-refractivity contribution >= 4 is 63.4 Å². The normalized spacial score (nSPS) is 16.1. The summed E-state index contributed by atoms with van der Waals surface area (Å²) in [7, 11) is 0. The molecule has 1 aliphatic rings. The second-order valence-electron chi connectivity index (χ2n) is 11.4. The largest absolute Gasteiger partial charge is 1.00 e. The molecular weight excluding hydrogens is 664 g/mol. The molecule has 0 saturated heterocycles. The van der Waals surface area contributed by atoms with E-state index >= 15 is 0 Å². The van der Waals surface area contributed by atoms with Gasteiger partial charge >= 0.3 is 29.6 Å². The molecule has 212 valence electrons. The molecule has 0 spiro atoms. The van der Waals surface area contributed by atoms with Crippen molar-refractivity contribution in [2.45, 2.75) is 54.8 Å². The summed E-state index contributed by atoms with van der Waals surface area (Å²) in [6, 6.07) is 27.2. The Morgan fingerprint density at radius 1 is 1.10 bits per heavy atom. The standard InChI is InChI=1S/C35H36INO3S.Na/c1-24-10-12-27-13-16-29(37-31(27)20-24)15-11-25-6-5-8-28(21-25)32(41-23-35(18-19-35)22-33(38)39)17-14-26-7-3-4-9-30(26)34(2,36)40;/h3-13,15-16,20-21,32,40H,14,17-19,22-23H2,1-2H3,(H,38,39);/q;+1/p-1/b15-11+;/t32-,34?;/m1./s1. The molecule has 0 radical (unpaired) electrons. The summed E-state index contributed by atoms with van der Waals surface area (Å²) in [4.78, 5) is 16.2. The number of nitrogens with zero attached hydrogens (tertiary/aromatic N) is 1. The number of halogens is 1. The number of thioether (sulfide) groups is 1. The van der Waals surface area contributed by atoms with E-state index in [0.29, 0.717) is 0 Å². The first-order valence-corrected chi connectivity index (χ1v) is 16.2. The van der Waals surface area contributed by atoms with Gasteiger partial charge in [0, 0.05) is 16.6 Å². The van der Waals surface area contributed by atoms with Crippen molar-refractivity contribution in [3.8, 4) is 0 Å². The summed E-state index contributed by atoms with van der Waals surface area (Å²) >= 11 is 3.94. The Bertz CT molecular complexity index is 1580. The predicted molar refractivity (Wildman–Crippen MR) is 177 cm³/mol. The molecule has 0 aliphatic heterocycles. The molecule has 1 aliphatic carbocycles. The van der Waals surface area contributed by atoms with E-state index in [4.69, 9.17) is 4.98 Å². The average Bonchev–Trinajstić information content (AvgIpc) is 3.70. The molecule has 4 aromatic rings. The molecule has 1 saturated carbocycles. The Labute approximate surface area is 288 Å². The Hall–Kier alpha value is -1.68. The van der Waals surface area contributed by atoms with Gasteiger partial charge in [-0.1, -0.05) is 72.8 Å². The summed E-state index contributed by atoms with van der Waals surface area (Å²) in [6.45, 7) is 3.90. The van der Waals surface area contributed by atoms with Crippen LogP contribution in [-0.4, -0.2) is 21.8 Å². The van der Waals surface area contributed by atoms with Crippen molar-refractivity contribution in [1.29, 1.82) is 0 Å². The average molecular weight is 700 g/mol. The van der Waals surface area contributed by atoms with E-state index in [1.807, 2.05) is 43.0 Å². The van der Waals surface area contributed by atoms with Gasteiger partial charge in [-0.3, -0.25) is 0 Å². The fraction of sp³-hybridized carbons (Fsp3) is 0.314. The van der Waals surface area contributed by atoms with E-state index in [-0.39, 0.29) is 46.6 Å². The van der Waals surface area contributed by atoms with Crippen LogP contribution in [0.2, 0.25) is 0 Å². The van der Waals surface area contributed by atoms with Crippen LogP contribution in [0.1, 0.15) is 71.4 Å². The van der Waals surface area contributed by atoms with Gasteiger partial charge in [-0.05, 0) is 126 Å². The second-order valence-corrected chi connectivity index (χ2v) is 14.7. The van der Waals surface area contributed by atoms with Crippen LogP contribution < -0.4 is 34.7 Å². The van der Waals surface area contributed by atoms with Gasteiger partial charge in [-0.15, -0.1) is 0 Å². The molecule has 1 heterocycles. The smallest absolute Gasteiger partial charge is 0.550 e. The monoisotopic (exact) mass is 699 g/mol. The fourth-order valence-electron chi connectivity index (χ4n) is 5.33. The maximum absolute atomic E-state index is 11.4. The quantitative estimate of drug-likeness (QED) is 0.133. The van der Waals surface area contributed by atoms with Crippen LogP contribution in [0.3, 0.4) is 0 Å². The van der Waals surface area contributed by atoms with Gasteiger partial charge in [-0.2, -0.15) is 11.8 Å². The number of aliphatic hydroxyl groups is 1. The molecule has 1 fully saturated rings. The number of carboxylic acid groups (broad SMARTS) is 1. The zero-order valence-electron chi connectivity index (χ0n) is 24.5. The molecule has 4 nitrogen and oxygen atoms in total. The van der Waals surface area contributed by atoms with Crippen LogP contribution in [0, 0.1) is 12.3 Å². The number of carbonyl (C=O) groups excluding carboxylic acids is 1. The maximum Gasteiger partial charge on any atom is 1.00 e. The summed E-state index contributed by atoms with van der Waals surface area (Å²) in [5.41, 5.74) is 7.38. The molecule has 2 atom stereocenters. The number of aryl methyl sites for hydroxylation is 2. The van der Waals surface area contributed by atoms with Crippen LogP contribution in [-0.2, 0) is 14.8 Å². The van der Waals surface area contributed by atoms with E-state index in [9.17, 15) is 15.0 Å². The van der Waals surface area contributed by atoms with Crippen LogP contribution >= 0.6 is 34.4 Å². The third-order valence-corrected chi connectivity index (χ3v) is 10.1. The number of rotatable bonds is 12. The zero-order valence-corrected chi connectivity index (χ0v) is 29.5. The number of hydrogen-bond donors (Lipinski definition) is 1. The van der Waals surface area contributed by atoms with E-state index in [1.54, 1.807) is 0 Å². The van der Waals surface area contributed by atoms with Gasteiger partial charge in [0.05, 0.1) is 11.2 Å². The van der Waals surface area contributed by atoms with E-state index in [2.05, 4.69) is 96.3 Å². The first-order valence-electron chi connectivity index (χ1n) is 14.1. The summed E-state index contributed by atoms with van der Waals surface area (Å²) in [5.74, 6) is -0.153. The molecule has 7 heteroatoms. The van der Waals surface area contributed by atoms with Gasteiger partial charge < -0.3 is 15.0 Å². The molecular formula is C35H35INNaO3S. The molecule has 1 aromatic heterocycles. The number of hydrogen-bond acceptors (Lipinski definition) is 5. The molecule has 1 unspecified atom stereocenters. The number of aliphatic carboxylic acids is 1. The number of alkyl halides is 1. The van der Waals surface area contributed by atoms with Crippen LogP contribution in [0.5, 0.6) is 0 Å². The molecule has 42 heavy (non-hydrogen) atoms. The van der Waals surface area contributed by atoms with Crippen molar-refractivity contribution in [2.24, 2.45) is 5.41 Å². The molecule has 0 bridgehead atoms. The van der Waals surface area contributed by atoms with Gasteiger partial charge in [0.25, 0.3) is 0 Å². The number of aromatic nitrogens is 1. The fourth-order valence-corrected chi connectivity index (χ4v) is 7.42. The Balaban J connectivity index is 0.00000405. The van der Waals surface area contributed by atoms with Crippen molar-refractivity contribution in [1.82, 2.24) is 4.98 Å². The number of fused-ring (bicyclic) bond motifs is 1. The molecule has 5 rings (SSSR count). The third-order valence-electron chi connectivity index (χ3n) is 7.85. The SMILES string of the molecule is Cc1ccc2ccc(/C=C/c3cccc([C@@H](CCc4ccccc4C(C)(O)I)SCC4(CC(=O)[O-])CC4)c3)nc2c1.[Na+]. The molecule has 3 aromatic carbocycles. The topological polar surface area (TPSA) is 73.2 Å². The van der Waals surface area contributed by atoms with E-state index in [0.717, 1.165) is 64.7 Å². The Morgan fingerprint density at radius 2 is 1.86 bits per heavy atom. The van der Waals surface area contributed by atoms with Crippen molar-refractivity contribution < 1.29 is 44.6 Å². The third kappa shape index (κ3) is 8.93. The van der Waals surface area contributed by atoms with Crippen LogP contribution in [0.15, 0.2) is 78.9 Å². The minimum Gasteiger partial charge on any atom is -0.550 e. The molecule has 0 amide bonds. The first-order chi connectivity index (χ1) is 19.6. The number of carbonyl (C=O) groups is 1. The van der Waals surface area contributed by atoms with Crippen molar-refractivity contribution in [3.63, 3.8) is 0 Å². The predicted octanol–water partition coefficient (Wildman–Crippen LogP) is 4.64. The Kier molecular flexibility index (Phi) is 11.4. The minimum absolute atomic E-state index is 0. The van der Waals surface area contributed by atoms with Crippen LogP contribution in [0.4, 0.5) is 0 Å². The number of pyridine rings is 1. The number of benzene rings is 3. The van der Waals surface area contributed by atoms with E-state index < -0.39 is 9.58 Å². The maximum atomic E-state index is 11.4. The zero-order chi connectivity index (χ0) is 29.0. The minimum atomic E-state index is -0.956. The number of carboxylic acids is 1. The summed E-state index contributed by atoms with van der Waals surface area (Å²) in [6.07, 6.45) is 7.89. The molecule has 1 N–H and O–H groups in total. The van der Waals surface area contributed by atoms with Crippen LogP contribution in [0.25, 0.3) is 23.1 Å². The van der Waals surface area contributed by atoms with Crippen molar-refractivity contribution in [3.05, 3.63) is 112 Å². The van der Waals surface area contributed by atoms with Gasteiger partial charge in [0.15, 0.2) is 0 Å². The Morgan fingerprint density at radius 3 is 2.60 bits per heavy atom. The van der Waals surface area contributed by atoms with Gasteiger partial charge in [-0.25, -0.2) is 4.98 Å².